The number of hydrogen-bond donors (Lipinski definition) is 2. The number of amides is 8. The molecule has 20 unspecified atom stereocenters. The SMILES string of the molecule is CC(C)(C)N1CC2CC(C1)N2C(=O)C(F)(F)F.CC(C)C(=O)N1C2CC1CN(C(C)C)C2.CC(C)CC(=O)N1C2CC1CN(C(C)C)C2.CC(C)CC(C(=O)N1C2CC1CN(C(C)C)C2)N(C)C.CC(C)CC(CN(C)C)C(=O)N1C2CC1CN(C(C)C)C2.CC(C)CC(CN)C(=O)N1C2CC1CN(C(C)C)C2.CC(C)CC(N)C(=O)N1C2CC1CN(C(C)C)C2.CC(C)N1CC2CC(C1)N2C(=O)CC(F)(F)F. The minimum absolute atomic E-state index is 0.00833. The molecule has 0 aromatic heterocycles. The van der Waals surface area contributed by atoms with Crippen molar-refractivity contribution in [2.75, 3.05) is 146 Å². The summed E-state index contributed by atoms with van der Waals surface area (Å²) in [4.78, 5) is 136. The number of piperidine rings is 8. The normalized spacial score (nSPS) is 29.1. The average molecular weight is 2030 g/mol. The first-order valence-electron chi connectivity index (χ1n) is 55.7. The highest BCUT2D eigenvalue weighted by atomic mass is 19.4. The zero-order chi connectivity index (χ0) is 107. The molecule has 143 heavy (non-hydrogen) atoms. The summed E-state index contributed by atoms with van der Waals surface area (Å²) in [5.41, 5.74) is 11.8. The first-order valence-corrected chi connectivity index (χ1v) is 55.7. The van der Waals surface area contributed by atoms with Gasteiger partial charge < -0.3 is 55.6 Å². The summed E-state index contributed by atoms with van der Waals surface area (Å²) in [6, 6.07) is 8.76. The van der Waals surface area contributed by atoms with Gasteiger partial charge in [-0.3, -0.25) is 82.5 Å². The van der Waals surface area contributed by atoms with Crippen LogP contribution in [0.25, 0.3) is 0 Å². The number of nitrogens with zero attached hydrogens (tertiary/aromatic N) is 18. The topological polar surface area (TPSA) is 247 Å². The minimum Gasteiger partial charge on any atom is -0.334 e. The second-order valence-electron chi connectivity index (χ2n) is 51.3. The number of alkyl halides is 6. The molecule has 24 aliphatic heterocycles. The summed E-state index contributed by atoms with van der Waals surface area (Å²) in [6.07, 6.45) is 2.73. The van der Waals surface area contributed by atoms with E-state index in [0.29, 0.717) is 219 Å². The van der Waals surface area contributed by atoms with Crippen molar-refractivity contribution in [3.05, 3.63) is 0 Å². The van der Waals surface area contributed by atoms with E-state index in [1.807, 2.05) is 48.7 Å². The van der Waals surface area contributed by atoms with Gasteiger partial charge >= 0.3 is 18.3 Å². The van der Waals surface area contributed by atoms with Crippen LogP contribution in [-0.4, -0.2) is 450 Å². The largest absolute Gasteiger partial charge is 0.471 e. The van der Waals surface area contributed by atoms with Crippen molar-refractivity contribution in [1.82, 2.24) is 88.2 Å². The third-order valence-electron chi connectivity index (χ3n) is 33.3. The lowest BCUT2D eigenvalue weighted by molar-refractivity contribution is -0.207. The van der Waals surface area contributed by atoms with Gasteiger partial charge in [0.15, 0.2) is 0 Å². The van der Waals surface area contributed by atoms with E-state index in [2.05, 4.69) is 259 Å². The van der Waals surface area contributed by atoms with Gasteiger partial charge in [-0.05, 0) is 253 Å². The van der Waals surface area contributed by atoms with Crippen LogP contribution in [0.5, 0.6) is 0 Å². The molecular weight excluding hydrogens is 1830 g/mol. The molecule has 0 aromatic rings. The van der Waals surface area contributed by atoms with E-state index in [-0.39, 0.29) is 65.5 Å². The summed E-state index contributed by atoms with van der Waals surface area (Å²) in [7, 11) is 8.19. The highest BCUT2D eigenvalue weighted by Gasteiger charge is 2.59. The molecule has 4 N–H and O–H groups in total. The van der Waals surface area contributed by atoms with Crippen LogP contribution in [0, 0.1) is 47.3 Å². The molecule has 0 radical (unpaired) electrons. The number of carbonyl (C=O) groups excluding carboxylic acids is 8. The predicted octanol–water partition coefficient (Wildman–Crippen LogP) is 12.2. The van der Waals surface area contributed by atoms with Crippen molar-refractivity contribution in [2.45, 2.75) is 460 Å². The molecule has 20 atom stereocenters. The highest BCUT2D eigenvalue weighted by molar-refractivity contribution is 5.86. The molecular formula is C109H200F6N20O8. The van der Waals surface area contributed by atoms with Crippen LogP contribution < -0.4 is 11.5 Å². The Bertz CT molecular complexity index is 3970. The van der Waals surface area contributed by atoms with Crippen molar-refractivity contribution < 1.29 is 64.7 Å². The van der Waals surface area contributed by atoms with Crippen molar-refractivity contribution in [3.8, 4) is 0 Å². The zero-order valence-corrected chi connectivity index (χ0v) is 94.9. The Kier molecular flexibility index (Phi) is 43.6. The van der Waals surface area contributed by atoms with E-state index < -0.39 is 30.6 Å². The molecule has 0 aromatic carbocycles. The van der Waals surface area contributed by atoms with E-state index in [1.54, 1.807) is 0 Å². The number of carbonyl (C=O) groups is 8. The lowest BCUT2D eigenvalue weighted by Gasteiger charge is -2.58. The Balaban J connectivity index is 0.000000183. The first kappa shape index (κ1) is 121. The molecule has 0 aliphatic carbocycles. The van der Waals surface area contributed by atoms with Crippen LogP contribution in [-0.2, 0) is 38.4 Å². The zero-order valence-electron chi connectivity index (χ0n) is 94.9. The van der Waals surface area contributed by atoms with Crippen molar-refractivity contribution in [3.63, 3.8) is 0 Å². The maximum Gasteiger partial charge on any atom is 0.471 e. The van der Waals surface area contributed by atoms with Crippen LogP contribution >= 0.6 is 0 Å². The molecule has 8 amide bonds. The number of halogens is 6. The fourth-order valence-electron chi connectivity index (χ4n) is 25.2. The average Bonchev–Trinajstić information content (AvgIpc) is 0.745. The Morgan fingerprint density at radius 1 is 0.308 bits per heavy atom. The van der Waals surface area contributed by atoms with Crippen LogP contribution in [0.4, 0.5) is 26.3 Å². The molecule has 24 saturated heterocycles. The van der Waals surface area contributed by atoms with Gasteiger partial charge in [0.25, 0.3) is 0 Å². The number of hydrogen-bond acceptors (Lipinski definition) is 20. The van der Waals surface area contributed by atoms with Crippen LogP contribution in [0.15, 0.2) is 0 Å². The van der Waals surface area contributed by atoms with Gasteiger partial charge in [-0.25, -0.2) is 0 Å². The predicted molar refractivity (Wildman–Crippen MR) is 559 cm³/mol. The second kappa shape index (κ2) is 51.3. The van der Waals surface area contributed by atoms with Crippen molar-refractivity contribution in [2.24, 2.45) is 58.8 Å². The second-order valence-corrected chi connectivity index (χ2v) is 51.3. The van der Waals surface area contributed by atoms with Gasteiger partial charge in [0.2, 0.25) is 41.4 Å². The monoisotopic (exact) mass is 2030 g/mol. The third-order valence-corrected chi connectivity index (χ3v) is 33.3. The quantitative estimate of drug-likeness (QED) is 0.0726. The molecule has 24 fully saturated rings. The number of fused-ring (bicyclic) bond motifs is 16. The number of rotatable bonds is 27. The summed E-state index contributed by atoms with van der Waals surface area (Å²) in [5, 5.41) is 0. The van der Waals surface area contributed by atoms with Crippen LogP contribution in [0.2, 0.25) is 0 Å². The van der Waals surface area contributed by atoms with E-state index in [4.69, 9.17) is 11.5 Å². The molecule has 826 valence electrons. The fraction of sp³-hybridized carbons (Fsp3) is 0.927. The maximum absolute atomic E-state index is 13.0. The molecule has 28 nitrogen and oxygen atoms in total. The summed E-state index contributed by atoms with van der Waals surface area (Å²) in [5.74, 6) is 2.50. The maximum atomic E-state index is 13.0. The van der Waals surface area contributed by atoms with E-state index >= 15 is 0 Å². The number of piperazine rings is 8. The molecule has 24 rings (SSSR count). The molecule has 24 heterocycles. The van der Waals surface area contributed by atoms with Gasteiger partial charge in [-0.15, -0.1) is 0 Å². The Morgan fingerprint density at radius 2 is 0.559 bits per heavy atom. The lowest BCUT2D eigenvalue weighted by Crippen LogP contribution is -2.73. The molecule has 24 aliphatic rings. The Hall–Kier alpha value is -5.14. The minimum atomic E-state index is -4.74. The van der Waals surface area contributed by atoms with Crippen LogP contribution in [0.1, 0.15) is 291 Å². The summed E-state index contributed by atoms with van der Waals surface area (Å²) < 4.78 is 73.5. The van der Waals surface area contributed by atoms with Gasteiger partial charge in [0.1, 0.15) is 6.42 Å². The lowest BCUT2D eigenvalue weighted by atomic mass is 9.83. The van der Waals surface area contributed by atoms with Gasteiger partial charge in [0.05, 0.1) is 23.9 Å². The summed E-state index contributed by atoms with van der Waals surface area (Å²) >= 11 is 0. The van der Waals surface area contributed by atoms with Crippen molar-refractivity contribution >= 4 is 47.3 Å². The van der Waals surface area contributed by atoms with E-state index in [0.717, 1.165) is 122 Å². The third kappa shape index (κ3) is 31.3. The number of likely N-dealkylation sites (N-methyl/N-ethyl adjacent to an activating group) is 1. The molecule has 34 heteroatoms. The standard InChI is InChI=1S/C17H33N3O.C16H31N3O.C15H29N3O.C14H27N3O.C13H24N2O.C12H22N2O.2C11H17F3N2O/c1-12(2)7-14(9-18(5)6)17(21)20-15-8-16(20)11-19(10-15)13(3)4;1-11(2)7-15(17(5)6)16(20)19-13-8-14(19)10-18(9-13)12(3)4;1-10(2)5-12(7-16)15(19)18-13-6-14(18)9-17(8-13)11(3)4;1-9(2)5-13(15)14(18)17-11-6-12(17)8-16(7-11)10(3)4;1-9(2)5-13(16)15-11-6-12(15)8-14(7-11)10(3)4;1-8(2)12(15)14-10-5-11(14)7-13(6-10)9(3)4;1-10(2,3)15-5-7-4-8(6-15)16(7)9(17)11(12,13)14;1-7(2)15-5-8-3-9(6-15)16(8)10(17)4-11(12,13)14/h12-16H,7-11H2,1-6H3;11-15H,7-10H2,1-6H3;10-14H,5-9,16H2,1-4H3;9-13H,5-8,15H2,1-4H3;9-12H,5-8H2,1-4H3;8-11H,5-7H2,1-4H3;7-8H,4-6H2,1-3H3;7-9H,3-6H2,1-2H3. The molecule has 16 bridgehead atoms. The highest BCUT2D eigenvalue weighted by Crippen LogP contribution is 2.44. The van der Waals surface area contributed by atoms with Gasteiger partial charge in [-0.1, -0.05) is 83.1 Å². The van der Waals surface area contributed by atoms with E-state index in [1.165, 1.54) is 43.4 Å². The smallest absolute Gasteiger partial charge is 0.334 e. The van der Waals surface area contributed by atoms with Gasteiger partial charge in [-0.2, -0.15) is 26.3 Å². The van der Waals surface area contributed by atoms with Crippen LogP contribution in [0.3, 0.4) is 0 Å². The van der Waals surface area contributed by atoms with E-state index in [9.17, 15) is 64.7 Å². The van der Waals surface area contributed by atoms with Crippen molar-refractivity contribution in [1.29, 1.82) is 0 Å². The number of nitrogens with two attached hydrogens (primary N) is 2. The first-order chi connectivity index (χ1) is 66.3. The van der Waals surface area contributed by atoms with Gasteiger partial charge in [0, 0.05) is 275 Å². The Morgan fingerprint density at radius 3 is 0.797 bits per heavy atom. The molecule has 0 saturated carbocycles. The fourth-order valence-corrected chi connectivity index (χ4v) is 25.2. The molecule has 0 spiro atoms. The Labute approximate surface area is 860 Å². The summed E-state index contributed by atoms with van der Waals surface area (Å²) in [6.45, 7) is 79.3.